The summed E-state index contributed by atoms with van der Waals surface area (Å²) in [6, 6.07) is 30.7. The fraction of sp³-hybridized carbons (Fsp3) is 0.0952. The number of phenols is 7. The van der Waals surface area contributed by atoms with Gasteiger partial charge in [-0.3, -0.25) is 0 Å². The van der Waals surface area contributed by atoms with Gasteiger partial charge in [0.15, 0.2) is 0 Å². The molecule has 51 heavy (non-hydrogen) atoms. The van der Waals surface area contributed by atoms with E-state index in [0.717, 1.165) is 27.8 Å². The normalized spacial score (nSPS) is 19.0. The maximum atomic E-state index is 10.7. The summed E-state index contributed by atoms with van der Waals surface area (Å²) < 4.78 is 13.5. The summed E-state index contributed by atoms with van der Waals surface area (Å²) in [5.41, 5.74) is 5.59. The van der Waals surface area contributed by atoms with Gasteiger partial charge in [0.2, 0.25) is 0 Å². The molecule has 4 atom stereocenters. The summed E-state index contributed by atoms with van der Waals surface area (Å²) in [4.78, 5) is 0. The van der Waals surface area contributed by atoms with Crippen molar-refractivity contribution in [2.75, 3.05) is 0 Å². The van der Waals surface area contributed by atoms with E-state index in [1.807, 2.05) is 18.2 Å². The number of benzene rings is 6. The van der Waals surface area contributed by atoms with Gasteiger partial charge in [-0.2, -0.15) is 0 Å². The third-order valence-electron chi connectivity index (χ3n) is 9.46. The first-order chi connectivity index (χ1) is 24.6. The molecule has 6 aromatic carbocycles. The predicted molar refractivity (Wildman–Crippen MR) is 190 cm³/mol. The average molecular weight is 681 g/mol. The standard InChI is InChI=1S/C42H32O9/c43-27-8-1-22(2-9-27)3-14-34-39-35(50-41(23-4-10-28(44)11-5-23)37(39)25-15-30(46)19-31(47)16-25)21-36-40(34)38(26-17-32(48)20-33(49)18-26)42(51-36)24-6-12-29(45)13-7-24/h1-21,37-38,41-49H/t37-,38-,41+,42+/m1/s1. The van der Waals surface area contributed by atoms with E-state index in [0.29, 0.717) is 28.2 Å². The third-order valence-corrected chi connectivity index (χ3v) is 9.46. The number of phenolic OH excluding ortho intramolecular Hbond substituents is 7. The van der Waals surface area contributed by atoms with E-state index in [1.165, 1.54) is 12.1 Å². The third kappa shape index (κ3) is 5.84. The summed E-state index contributed by atoms with van der Waals surface area (Å²) in [5.74, 6) is -0.409. The summed E-state index contributed by atoms with van der Waals surface area (Å²) in [7, 11) is 0. The van der Waals surface area contributed by atoms with Crippen LogP contribution in [-0.4, -0.2) is 35.7 Å². The zero-order valence-corrected chi connectivity index (χ0v) is 26.9. The van der Waals surface area contributed by atoms with Gasteiger partial charge in [-0.05, 0) is 94.0 Å². The van der Waals surface area contributed by atoms with Crippen LogP contribution in [0.3, 0.4) is 0 Å². The number of aromatic hydroxyl groups is 7. The molecule has 0 saturated carbocycles. The maximum absolute atomic E-state index is 10.7. The van der Waals surface area contributed by atoms with Gasteiger partial charge in [0.1, 0.15) is 64.0 Å². The molecule has 0 radical (unpaired) electrons. The summed E-state index contributed by atoms with van der Waals surface area (Å²) in [5, 5.41) is 72.8. The van der Waals surface area contributed by atoms with Gasteiger partial charge >= 0.3 is 0 Å². The number of fused-ring (bicyclic) bond motifs is 2. The summed E-state index contributed by atoms with van der Waals surface area (Å²) >= 11 is 0. The van der Waals surface area contributed by atoms with E-state index in [9.17, 15) is 35.7 Å². The highest BCUT2D eigenvalue weighted by Gasteiger charge is 2.45. The monoisotopic (exact) mass is 680 g/mol. The quantitative estimate of drug-likeness (QED) is 0.0858. The molecule has 0 aromatic heterocycles. The minimum absolute atomic E-state index is 0.0863. The van der Waals surface area contributed by atoms with Gasteiger partial charge in [-0.25, -0.2) is 0 Å². The number of ether oxygens (including phenoxy) is 2. The van der Waals surface area contributed by atoms with Gasteiger partial charge in [0, 0.05) is 29.3 Å². The Kier molecular flexibility index (Phi) is 7.60. The van der Waals surface area contributed by atoms with Crippen LogP contribution in [0.1, 0.15) is 68.6 Å². The van der Waals surface area contributed by atoms with Crippen LogP contribution in [0.5, 0.6) is 51.7 Å². The number of rotatable bonds is 6. The Hall–Kier alpha value is -6.74. The highest BCUT2D eigenvalue weighted by atomic mass is 16.5. The van der Waals surface area contributed by atoms with Crippen molar-refractivity contribution in [3.63, 3.8) is 0 Å². The molecule has 0 aliphatic carbocycles. The molecule has 7 N–H and O–H groups in total. The molecule has 0 fully saturated rings. The van der Waals surface area contributed by atoms with Crippen LogP contribution >= 0.6 is 0 Å². The van der Waals surface area contributed by atoms with E-state index in [1.54, 1.807) is 97.1 Å². The molecule has 0 spiro atoms. The molecule has 0 unspecified atom stereocenters. The van der Waals surface area contributed by atoms with E-state index in [2.05, 4.69) is 0 Å². The lowest BCUT2D eigenvalue weighted by atomic mass is 9.77. The van der Waals surface area contributed by atoms with Crippen LogP contribution in [0.15, 0.2) is 115 Å². The van der Waals surface area contributed by atoms with Crippen molar-refractivity contribution in [1.29, 1.82) is 0 Å². The highest BCUT2D eigenvalue weighted by Crippen LogP contribution is 2.60. The van der Waals surface area contributed by atoms with Crippen LogP contribution < -0.4 is 9.47 Å². The van der Waals surface area contributed by atoms with E-state index >= 15 is 0 Å². The highest BCUT2D eigenvalue weighted by molar-refractivity contribution is 5.80. The lowest BCUT2D eigenvalue weighted by Gasteiger charge is -2.24. The zero-order valence-electron chi connectivity index (χ0n) is 26.9. The Morgan fingerprint density at radius 1 is 0.373 bits per heavy atom. The van der Waals surface area contributed by atoms with Gasteiger partial charge in [-0.15, -0.1) is 0 Å². The first-order valence-electron chi connectivity index (χ1n) is 16.3. The van der Waals surface area contributed by atoms with Gasteiger partial charge in [-0.1, -0.05) is 48.6 Å². The second-order valence-electron chi connectivity index (χ2n) is 12.8. The lowest BCUT2D eigenvalue weighted by Crippen LogP contribution is -2.14. The fourth-order valence-electron chi connectivity index (χ4n) is 7.31. The second-order valence-corrected chi connectivity index (χ2v) is 12.8. The van der Waals surface area contributed by atoms with Crippen molar-refractivity contribution >= 4 is 12.2 Å². The Morgan fingerprint density at radius 3 is 1.14 bits per heavy atom. The van der Waals surface area contributed by atoms with Gasteiger partial charge < -0.3 is 45.2 Å². The van der Waals surface area contributed by atoms with E-state index in [4.69, 9.17) is 9.47 Å². The molecule has 6 aromatic rings. The van der Waals surface area contributed by atoms with Crippen LogP contribution in [-0.2, 0) is 0 Å². The van der Waals surface area contributed by atoms with Crippen molar-refractivity contribution < 1.29 is 45.2 Å². The molecule has 8 rings (SSSR count). The molecule has 2 aliphatic heterocycles. The Bertz CT molecular complexity index is 2120. The molecule has 0 amide bonds. The minimum Gasteiger partial charge on any atom is -0.508 e. The molecule has 254 valence electrons. The van der Waals surface area contributed by atoms with Crippen molar-refractivity contribution in [2.24, 2.45) is 0 Å². The predicted octanol–water partition coefficient (Wildman–Crippen LogP) is 8.33. The van der Waals surface area contributed by atoms with Crippen LogP contribution in [0.2, 0.25) is 0 Å². The van der Waals surface area contributed by atoms with E-state index in [-0.39, 0.29) is 40.2 Å². The molecule has 9 nitrogen and oxygen atoms in total. The van der Waals surface area contributed by atoms with Crippen LogP contribution in [0.4, 0.5) is 0 Å². The fourth-order valence-corrected chi connectivity index (χ4v) is 7.31. The van der Waals surface area contributed by atoms with Crippen LogP contribution in [0, 0.1) is 0 Å². The Morgan fingerprint density at radius 2 is 0.745 bits per heavy atom. The molecule has 2 aliphatic rings. The van der Waals surface area contributed by atoms with Crippen molar-refractivity contribution in [3.05, 3.63) is 160 Å². The SMILES string of the molecule is Oc1ccc(C=Cc2c3c(cc4c2[C@@H](c2cc(O)cc(O)c2)[C@H](c2ccc(O)cc2)O4)O[C@@H](c2ccc(O)cc2)[C@@H]3c2cc(O)cc(O)c2)cc1. The van der Waals surface area contributed by atoms with Gasteiger partial charge in [0.25, 0.3) is 0 Å². The molecule has 0 saturated heterocycles. The van der Waals surface area contributed by atoms with Crippen molar-refractivity contribution in [1.82, 2.24) is 0 Å². The number of hydrogen-bond donors (Lipinski definition) is 7. The topological polar surface area (TPSA) is 160 Å². The zero-order chi connectivity index (χ0) is 35.4. The Balaban J connectivity index is 1.42. The minimum atomic E-state index is -0.652. The first-order valence-corrected chi connectivity index (χ1v) is 16.3. The molecule has 0 bridgehead atoms. The number of hydrogen-bond acceptors (Lipinski definition) is 9. The average Bonchev–Trinajstić information content (AvgIpc) is 3.66. The molecular formula is C42H32O9. The largest absolute Gasteiger partial charge is 0.508 e. The summed E-state index contributed by atoms with van der Waals surface area (Å²) in [6.45, 7) is 0. The second kappa shape index (κ2) is 12.3. The molecule has 2 heterocycles. The van der Waals surface area contributed by atoms with Crippen molar-refractivity contribution in [3.8, 4) is 51.7 Å². The van der Waals surface area contributed by atoms with E-state index < -0.39 is 24.0 Å². The molecule has 9 heteroatoms. The maximum Gasteiger partial charge on any atom is 0.135 e. The van der Waals surface area contributed by atoms with Crippen LogP contribution in [0.25, 0.3) is 12.2 Å². The first kappa shape index (κ1) is 31.5. The smallest absolute Gasteiger partial charge is 0.135 e. The van der Waals surface area contributed by atoms with Crippen molar-refractivity contribution in [2.45, 2.75) is 24.0 Å². The lowest BCUT2D eigenvalue weighted by molar-refractivity contribution is 0.212. The summed E-state index contributed by atoms with van der Waals surface area (Å²) in [6.07, 6.45) is 2.52. The Labute approximate surface area is 292 Å². The van der Waals surface area contributed by atoms with Gasteiger partial charge in [0.05, 0.1) is 11.8 Å². The molecular weight excluding hydrogens is 648 g/mol.